The Morgan fingerprint density at radius 2 is 1.93 bits per heavy atom. The number of hydrogen-bond acceptors (Lipinski definition) is 4. The van der Waals surface area contributed by atoms with Crippen molar-refractivity contribution in [2.75, 3.05) is 22.9 Å². The van der Waals surface area contributed by atoms with Crippen LogP contribution in [0, 0.1) is 20.8 Å². The summed E-state index contributed by atoms with van der Waals surface area (Å²) < 4.78 is 2.12. The van der Waals surface area contributed by atoms with E-state index in [1.165, 1.54) is 38.6 Å². The van der Waals surface area contributed by atoms with E-state index in [9.17, 15) is 0 Å². The van der Waals surface area contributed by atoms with Crippen molar-refractivity contribution in [1.29, 1.82) is 0 Å². The smallest absolute Gasteiger partial charge is 0.160 e. The molecular formula is C24H32N4S. The number of aromatic nitrogens is 2. The van der Waals surface area contributed by atoms with Crippen molar-refractivity contribution in [1.82, 2.24) is 9.78 Å². The number of fused-ring (bicyclic) bond motifs is 1. The Kier molecular flexibility index (Phi) is 5.68. The summed E-state index contributed by atoms with van der Waals surface area (Å²) in [5.74, 6) is 2.44. The van der Waals surface area contributed by atoms with E-state index in [1.54, 1.807) is 0 Å². The van der Waals surface area contributed by atoms with Crippen LogP contribution >= 0.6 is 11.3 Å². The Balaban J connectivity index is 1.77. The van der Waals surface area contributed by atoms with Gasteiger partial charge in [-0.2, -0.15) is 5.10 Å². The predicted octanol–water partition coefficient (Wildman–Crippen LogP) is 5.91. The fraction of sp³-hybridized carbons (Fsp3) is 0.458. The number of aryl methyl sites for hydroxylation is 4. The van der Waals surface area contributed by atoms with Crippen LogP contribution in [0.3, 0.4) is 0 Å². The highest BCUT2D eigenvalue weighted by molar-refractivity contribution is 7.09. The molecule has 0 saturated carbocycles. The van der Waals surface area contributed by atoms with Gasteiger partial charge in [0.05, 0.1) is 6.54 Å². The lowest BCUT2D eigenvalue weighted by atomic mass is 10.00. The Morgan fingerprint density at radius 3 is 2.59 bits per heavy atom. The first-order chi connectivity index (χ1) is 14.0. The third-order valence-electron chi connectivity index (χ3n) is 5.78. The lowest BCUT2D eigenvalue weighted by molar-refractivity contribution is 0.689. The molecule has 3 aromatic rings. The third kappa shape index (κ3) is 3.80. The maximum atomic E-state index is 5.05. The van der Waals surface area contributed by atoms with Gasteiger partial charge in [0.2, 0.25) is 0 Å². The van der Waals surface area contributed by atoms with Crippen LogP contribution in [-0.2, 0) is 20.0 Å². The van der Waals surface area contributed by atoms with E-state index in [4.69, 9.17) is 5.10 Å². The number of nitrogens with zero attached hydrogens (tertiary/aromatic N) is 4. The summed E-state index contributed by atoms with van der Waals surface area (Å²) in [5, 5.41) is 7.22. The molecule has 4 nitrogen and oxygen atoms in total. The van der Waals surface area contributed by atoms with E-state index in [1.807, 2.05) is 11.3 Å². The van der Waals surface area contributed by atoms with Gasteiger partial charge in [0, 0.05) is 36.3 Å². The molecule has 2 aromatic heterocycles. The molecule has 154 valence electrons. The molecule has 0 spiro atoms. The quantitative estimate of drug-likeness (QED) is 0.507. The standard InChI is InChI=1S/C24H32N4S/c1-6-11-27(16-20-9-8-13-29-20)24-21-10-7-12-28(23(21)25-26(24)5)22-18(3)14-17(2)15-19(22)4/h8-9,13-15H,6-7,10-12,16H2,1-5H3. The van der Waals surface area contributed by atoms with Gasteiger partial charge in [0.1, 0.15) is 5.82 Å². The van der Waals surface area contributed by atoms with Gasteiger partial charge in [-0.3, -0.25) is 4.68 Å². The number of anilines is 3. The third-order valence-corrected chi connectivity index (χ3v) is 6.64. The van der Waals surface area contributed by atoms with Crippen molar-refractivity contribution in [3.63, 3.8) is 0 Å². The molecular weight excluding hydrogens is 376 g/mol. The highest BCUT2D eigenvalue weighted by atomic mass is 32.1. The normalized spacial score (nSPS) is 13.6. The molecule has 0 saturated heterocycles. The minimum atomic E-state index is 0.958. The first-order valence-electron chi connectivity index (χ1n) is 10.7. The van der Waals surface area contributed by atoms with Gasteiger partial charge < -0.3 is 9.80 Å². The SMILES string of the molecule is CCCN(Cc1cccs1)c1c2c(nn1C)N(c1c(C)cc(C)cc1C)CCC2. The second-order valence-corrected chi connectivity index (χ2v) is 9.29. The Labute approximate surface area is 178 Å². The van der Waals surface area contributed by atoms with Crippen molar-refractivity contribution in [2.45, 2.75) is 53.5 Å². The Bertz CT molecular complexity index is 964. The summed E-state index contributed by atoms with van der Waals surface area (Å²) in [6, 6.07) is 8.97. The largest absolute Gasteiger partial charge is 0.351 e. The van der Waals surface area contributed by atoms with Gasteiger partial charge in [-0.25, -0.2) is 0 Å². The van der Waals surface area contributed by atoms with Crippen molar-refractivity contribution in [3.8, 4) is 0 Å². The number of benzene rings is 1. The highest BCUT2D eigenvalue weighted by Crippen LogP contribution is 2.41. The van der Waals surface area contributed by atoms with Gasteiger partial charge in [-0.1, -0.05) is 30.7 Å². The second kappa shape index (κ2) is 8.23. The zero-order chi connectivity index (χ0) is 20.5. The maximum absolute atomic E-state index is 5.05. The van der Waals surface area contributed by atoms with Crippen LogP contribution in [0.5, 0.6) is 0 Å². The molecule has 29 heavy (non-hydrogen) atoms. The summed E-state index contributed by atoms with van der Waals surface area (Å²) in [4.78, 5) is 6.39. The summed E-state index contributed by atoms with van der Waals surface area (Å²) in [7, 11) is 2.11. The molecule has 1 aromatic carbocycles. The Morgan fingerprint density at radius 1 is 1.17 bits per heavy atom. The molecule has 1 aliphatic heterocycles. The van der Waals surface area contributed by atoms with Crippen LogP contribution in [0.15, 0.2) is 29.6 Å². The topological polar surface area (TPSA) is 24.3 Å². The van der Waals surface area contributed by atoms with Gasteiger partial charge in [-0.15, -0.1) is 11.3 Å². The zero-order valence-electron chi connectivity index (χ0n) is 18.3. The average molecular weight is 409 g/mol. The lowest BCUT2D eigenvalue weighted by Gasteiger charge is -2.32. The van der Waals surface area contributed by atoms with Crippen LogP contribution in [0.25, 0.3) is 0 Å². The zero-order valence-corrected chi connectivity index (χ0v) is 19.1. The molecule has 0 aliphatic carbocycles. The molecule has 0 fully saturated rings. The molecule has 4 rings (SSSR count). The molecule has 3 heterocycles. The van der Waals surface area contributed by atoms with E-state index < -0.39 is 0 Å². The molecule has 0 N–H and O–H groups in total. The second-order valence-electron chi connectivity index (χ2n) is 8.25. The van der Waals surface area contributed by atoms with Gasteiger partial charge in [-0.05, 0) is 62.6 Å². The summed E-state index contributed by atoms with van der Waals surface area (Å²) in [6.07, 6.45) is 3.40. The minimum absolute atomic E-state index is 0.958. The van der Waals surface area contributed by atoms with E-state index >= 15 is 0 Å². The van der Waals surface area contributed by atoms with Crippen molar-refractivity contribution in [3.05, 3.63) is 56.8 Å². The number of thiophene rings is 1. The summed E-state index contributed by atoms with van der Waals surface area (Å²) in [6.45, 7) is 11.9. The lowest BCUT2D eigenvalue weighted by Crippen LogP contribution is -2.28. The number of hydrogen-bond donors (Lipinski definition) is 0. The molecule has 5 heteroatoms. The van der Waals surface area contributed by atoms with Crippen LogP contribution in [0.2, 0.25) is 0 Å². The Hall–Kier alpha value is -2.27. The first kappa shape index (κ1) is 20.0. The first-order valence-corrected chi connectivity index (χ1v) is 11.6. The molecule has 0 amide bonds. The van der Waals surface area contributed by atoms with Crippen LogP contribution in [0.4, 0.5) is 17.3 Å². The van der Waals surface area contributed by atoms with Crippen LogP contribution in [-0.4, -0.2) is 22.9 Å². The van der Waals surface area contributed by atoms with Gasteiger partial charge >= 0.3 is 0 Å². The summed E-state index contributed by atoms with van der Waals surface area (Å²) >= 11 is 1.84. The monoisotopic (exact) mass is 408 g/mol. The van der Waals surface area contributed by atoms with Crippen molar-refractivity contribution < 1.29 is 0 Å². The van der Waals surface area contributed by atoms with E-state index in [0.29, 0.717) is 0 Å². The van der Waals surface area contributed by atoms with Crippen LogP contribution < -0.4 is 9.80 Å². The average Bonchev–Trinajstić information content (AvgIpc) is 3.28. The van der Waals surface area contributed by atoms with Crippen molar-refractivity contribution in [2.24, 2.45) is 7.05 Å². The summed E-state index contributed by atoms with van der Waals surface area (Å²) in [5.41, 5.74) is 6.75. The predicted molar refractivity (Wildman–Crippen MR) is 125 cm³/mol. The molecule has 1 aliphatic rings. The molecule has 0 radical (unpaired) electrons. The maximum Gasteiger partial charge on any atom is 0.160 e. The molecule has 0 unspecified atom stereocenters. The molecule has 0 bridgehead atoms. The molecule has 0 atom stereocenters. The van der Waals surface area contributed by atoms with E-state index in [0.717, 1.165) is 44.7 Å². The number of rotatable bonds is 6. The van der Waals surface area contributed by atoms with Crippen LogP contribution in [0.1, 0.15) is 46.9 Å². The van der Waals surface area contributed by atoms with Gasteiger partial charge in [0.15, 0.2) is 5.82 Å². The van der Waals surface area contributed by atoms with Crippen molar-refractivity contribution >= 4 is 28.7 Å². The van der Waals surface area contributed by atoms with Gasteiger partial charge in [0.25, 0.3) is 0 Å². The minimum Gasteiger partial charge on any atom is -0.351 e. The van der Waals surface area contributed by atoms with E-state index in [-0.39, 0.29) is 0 Å². The highest BCUT2D eigenvalue weighted by Gasteiger charge is 2.29. The fourth-order valence-electron chi connectivity index (χ4n) is 4.84. The van der Waals surface area contributed by atoms with E-state index in [2.05, 4.69) is 78.9 Å². The fourth-order valence-corrected chi connectivity index (χ4v) is 5.56.